The SMILES string of the molecule is CC1C2CC(C(=O)OC3(C)C4CC5CC(C4)C3C5)C(C2)C1C. The van der Waals surface area contributed by atoms with Crippen LogP contribution in [0.4, 0.5) is 0 Å². The molecule has 10 atom stereocenters. The summed E-state index contributed by atoms with van der Waals surface area (Å²) in [7, 11) is 0. The quantitative estimate of drug-likeness (QED) is 0.712. The summed E-state index contributed by atoms with van der Waals surface area (Å²) in [6, 6.07) is 0. The minimum atomic E-state index is -0.120. The first-order valence-corrected chi connectivity index (χ1v) is 9.70. The van der Waals surface area contributed by atoms with E-state index < -0.39 is 0 Å². The molecule has 0 amide bonds. The lowest BCUT2D eigenvalue weighted by Crippen LogP contribution is -2.46. The average molecular weight is 302 g/mol. The van der Waals surface area contributed by atoms with Crippen molar-refractivity contribution in [1.29, 1.82) is 0 Å². The lowest BCUT2D eigenvalue weighted by Gasteiger charge is -2.42. The van der Waals surface area contributed by atoms with Crippen LogP contribution in [0.1, 0.15) is 59.3 Å². The molecular formula is C20H30O2. The molecule has 6 aliphatic carbocycles. The zero-order chi connectivity index (χ0) is 15.2. The summed E-state index contributed by atoms with van der Waals surface area (Å²) in [6.45, 7) is 7.02. The summed E-state index contributed by atoms with van der Waals surface area (Å²) < 4.78 is 6.34. The van der Waals surface area contributed by atoms with Crippen LogP contribution < -0.4 is 0 Å². The minimum Gasteiger partial charge on any atom is -0.459 e. The second-order valence-electron chi connectivity index (χ2n) is 9.70. The molecule has 6 fully saturated rings. The summed E-state index contributed by atoms with van der Waals surface area (Å²) in [6.07, 6.45) is 7.77. The maximum Gasteiger partial charge on any atom is 0.309 e. The predicted molar refractivity (Wildman–Crippen MR) is 85.0 cm³/mol. The Kier molecular flexibility index (Phi) is 2.71. The van der Waals surface area contributed by atoms with Crippen LogP contribution in [0, 0.1) is 53.3 Å². The molecule has 0 aromatic carbocycles. The van der Waals surface area contributed by atoms with Crippen molar-refractivity contribution < 1.29 is 9.53 Å². The fraction of sp³-hybridized carbons (Fsp3) is 0.950. The molecule has 2 nitrogen and oxygen atoms in total. The molecule has 0 radical (unpaired) electrons. The normalized spacial score (nSPS) is 61.1. The Morgan fingerprint density at radius 3 is 2.45 bits per heavy atom. The Balaban J connectivity index is 1.34. The zero-order valence-electron chi connectivity index (χ0n) is 14.3. The monoisotopic (exact) mass is 302 g/mol. The van der Waals surface area contributed by atoms with Crippen molar-refractivity contribution in [3.05, 3.63) is 0 Å². The van der Waals surface area contributed by atoms with Gasteiger partial charge >= 0.3 is 5.97 Å². The highest BCUT2D eigenvalue weighted by Crippen LogP contribution is 2.64. The molecule has 6 saturated carbocycles. The van der Waals surface area contributed by atoms with Gasteiger partial charge in [-0.15, -0.1) is 0 Å². The van der Waals surface area contributed by atoms with Gasteiger partial charge in [-0.1, -0.05) is 13.8 Å². The van der Waals surface area contributed by atoms with Crippen molar-refractivity contribution in [3.63, 3.8) is 0 Å². The van der Waals surface area contributed by atoms with Crippen LogP contribution in [0.2, 0.25) is 0 Å². The van der Waals surface area contributed by atoms with E-state index in [1.807, 2.05) is 0 Å². The molecule has 0 aromatic rings. The lowest BCUT2D eigenvalue weighted by atomic mass is 9.72. The van der Waals surface area contributed by atoms with E-state index in [4.69, 9.17) is 4.74 Å². The summed E-state index contributed by atoms with van der Waals surface area (Å²) >= 11 is 0. The number of hydrogen-bond donors (Lipinski definition) is 0. The van der Waals surface area contributed by atoms with Gasteiger partial charge in [-0.25, -0.2) is 0 Å². The van der Waals surface area contributed by atoms with Crippen molar-refractivity contribution in [2.75, 3.05) is 0 Å². The van der Waals surface area contributed by atoms with E-state index in [9.17, 15) is 4.79 Å². The third-order valence-electron chi connectivity index (χ3n) is 9.06. The first-order valence-electron chi connectivity index (χ1n) is 9.70. The third kappa shape index (κ3) is 1.60. The third-order valence-corrected chi connectivity index (χ3v) is 9.06. The van der Waals surface area contributed by atoms with Gasteiger partial charge < -0.3 is 4.74 Å². The molecule has 0 aromatic heterocycles. The fourth-order valence-electron chi connectivity index (χ4n) is 7.69. The summed E-state index contributed by atoms with van der Waals surface area (Å²) in [5.41, 5.74) is -0.120. The van der Waals surface area contributed by atoms with Gasteiger partial charge in [0.05, 0.1) is 5.92 Å². The second-order valence-corrected chi connectivity index (χ2v) is 9.70. The molecule has 2 heteroatoms. The van der Waals surface area contributed by atoms with E-state index in [0.29, 0.717) is 23.7 Å². The van der Waals surface area contributed by atoms with Gasteiger partial charge in [0.1, 0.15) is 5.60 Å². The second kappa shape index (κ2) is 4.30. The highest BCUT2D eigenvalue weighted by molar-refractivity contribution is 5.74. The van der Waals surface area contributed by atoms with E-state index in [1.54, 1.807) is 0 Å². The Hall–Kier alpha value is -0.530. The molecule has 0 N–H and O–H groups in total. The molecule has 10 unspecified atom stereocenters. The van der Waals surface area contributed by atoms with Crippen LogP contribution in [0.5, 0.6) is 0 Å². The summed E-state index contributed by atoms with van der Waals surface area (Å²) in [4.78, 5) is 13.0. The van der Waals surface area contributed by atoms with Gasteiger partial charge in [-0.05, 0) is 86.9 Å². The van der Waals surface area contributed by atoms with Gasteiger partial charge in [-0.3, -0.25) is 4.79 Å². The molecule has 6 bridgehead atoms. The first kappa shape index (κ1) is 13.9. The Morgan fingerprint density at radius 1 is 0.955 bits per heavy atom. The maximum atomic E-state index is 13.0. The van der Waals surface area contributed by atoms with Crippen molar-refractivity contribution in [2.24, 2.45) is 53.3 Å². The average Bonchev–Trinajstić information content (AvgIpc) is 3.16. The molecule has 0 aliphatic heterocycles. The van der Waals surface area contributed by atoms with Gasteiger partial charge in [0.25, 0.3) is 0 Å². The van der Waals surface area contributed by atoms with Crippen LogP contribution in [0.25, 0.3) is 0 Å². The minimum absolute atomic E-state index is 0.120. The van der Waals surface area contributed by atoms with E-state index in [2.05, 4.69) is 20.8 Å². The van der Waals surface area contributed by atoms with E-state index in [1.165, 1.54) is 32.1 Å². The van der Waals surface area contributed by atoms with Crippen LogP contribution in [-0.2, 0) is 9.53 Å². The largest absolute Gasteiger partial charge is 0.459 e. The van der Waals surface area contributed by atoms with Gasteiger partial charge in [-0.2, -0.15) is 0 Å². The van der Waals surface area contributed by atoms with Gasteiger partial charge in [0.2, 0.25) is 0 Å². The zero-order valence-corrected chi connectivity index (χ0v) is 14.3. The van der Waals surface area contributed by atoms with Crippen LogP contribution >= 0.6 is 0 Å². The first-order chi connectivity index (χ1) is 10.5. The fourth-order valence-corrected chi connectivity index (χ4v) is 7.69. The van der Waals surface area contributed by atoms with Crippen LogP contribution in [0.3, 0.4) is 0 Å². The molecule has 6 aliphatic rings. The number of hydrogen-bond acceptors (Lipinski definition) is 2. The lowest BCUT2D eigenvalue weighted by molar-refractivity contribution is -0.178. The molecule has 22 heavy (non-hydrogen) atoms. The van der Waals surface area contributed by atoms with Crippen LogP contribution in [-0.4, -0.2) is 11.6 Å². The predicted octanol–water partition coefficient (Wildman–Crippen LogP) is 4.28. The smallest absolute Gasteiger partial charge is 0.309 e. The topological polar surface area (TPSA) is 26.3 Å². The number of rotatable bonds is 2. The molecular weight excluding hydrogens is 272 g/mol. The highest BCUT2D eigenvalue weighted by Gasteiger charge is 2.63. The molecule has 122 valence electrons. The van der Waals surface area contributed by atoms with Crippen molar-refractivity contribution in [1.82, 2.24) is 0 Å². The van der Waals surface area contributed by atoms with E-state index >= 15 is 0 Å². The van der Waals surface area contributed by atoms with Gasteiger partial charge in [0, 0.05) is 5.92 Å². The number of carbonyl (C=O) groups is 1. The van der Waals surface area contributed by atoms with E-state index in [0.717, 1.165) is 30.1 Å². The van der Waals surface area contributed by atoms with Crippen molar-refractivity contribution in [3.8, 4) is 0 Å². The number of esters is 1. The molecule has 0 saturated heterocycles. The Labute approximate surface area is 134 Å². The number of fused-ring (bicyclic) bond motifs is 2. The van der Waals surface area contributed by atoms with Crippen LogP contribution in [0.15, 0.2) is 0 Å². The summed E-state index contributed by atoms with van der Waals surface area (Å²) in [5, 5.41) is 0. The Morgan fingerprint density at radius 2 is 1.77 bits per heavy atom. The standard InChI is InChI=1S/C20H30O2/c1-10-11(2)16-8-13(10)9-17(16)19(21)22-20(3)15-5-12-4-14(7-15)18(20)6-12/h10-18H,4-9H2,1-3H3. The Bertz CT molecular complexity index is 508. The van der Waals surface area contributed by atoms with Crippen molar-refractivity contribution in [2.45, 2.75) is 64.9 Å². The number of ether oxygens (including phenoxy) is 1. The number of carbonyl (C=O) groups excluding carboxylic acids is 1. The maximum absolute atomic E-state index is 13.0. The van der Waals surface area contributed by atoms with Gasteiger partial charge in [0.15, 0.2) is 0 Å². The van der Waals surface area contributed by atoms with E-state index in [-0.39, 0.29) is 17.5 Å². The highest BCUT2D eigenvalue weighted by atomic mass is 16.6. The molecule has 6 rings (SSSR count). The van der Waals surface area contributed by atoms with Crippen molar-refractivity contribution >= 4 is 5.97 Å². The molecule has 0 heterocycles. The molecule has 0 spiro atoms. The summed E-state index contributed by atoms with van der Waals surface area (Å²) in [5.74, 6) is 6.43.